The van der Waals surface area contributed by atoms with Gasteiger partial charge in [-0.15, -0.1) is 0 Å². The number of benzene rings is 1. The lowest BCUT2D eigenvalue weighted by molar-refractivity contribution is -0.159. The first-order valence-electron chi connectivity index (χ1n) is 9.97. The second-order valence-electron chi connectivity index (χ2n) is 8.96. The maximum absolute atomic E-state index is 13.7. The smallest absolute Gasteiger partial charge is 0.255 e. The number of ketones is 2. The predicted molar refractivity (Wildman–Crippen MR) is 110 cm³/mol. The fourth-order valence-electron chi connectivity index (χ4n) is 5.50. The van der Waals surface area contributed by atoms with E-state index in [-0.39, 0.29) is 17.5 Å². The zero-order valence-electron chi connectivity index (χ0n) is 17.7. The van der Waals surface area contributed by atoms with Gasteiger partial charge in [0.2, 0.25) is 5.78 Å². The highest BCUT2D eigenvalue weighted by Crippen LogP contribution is 2.57. The van der Waals surface area contributed by atoms with Gasteiger partial charge in [0, 0.05) is 17.4 Å². The second-order valence-corrected chi connectivity index (χ2v) is 8.96. The van der Waals surface area contributed by atoms with Crippen molar-refractivity contribution < 1.29 is 39.9 Å². The number of amides is 1. The molecule has 0 radical (unpaired) electrons. The van der Waals surface area contributed by atoms with Crippen molar-refractivity contribution in [2.24, 2.45) is 17.6 Å². The number of primary amides is 1. The summed E-state index contributed by atoms with van der Waals surface area (Å²) in [6.07, 6.45) is -0.200. The van der Waals surface area contributed by atoms with Crippen molar-refractivity contribution in [2.75, 3.05) is 14.1 Å². The van der Waals surface area contributed by atoms with Crippen LogP contribution in [0.4, 0.5) is 0 Å². The summed E-state index contributed by atoms with van der Waals surface area (Å²) in [4.78, 5) is 40.0. The maximum atomic E-state index is 13.7. The lowest BCUT2D eigenvalue weighted by atomic mass is 9.54. The number of hydrogen-bond donors (Lipinski definition) is 6. The van der Waals surface area contributed by atoms with Crippen LogP contribution < -0.4 is 5.73 Å². The van der Waals surface area contributed by atoms with Gasteiger partial charge < -0.3 is 31.3 Å². The molecule has 1 aromatic carbocycles. The van der Waals surface area contributed by atoms with Crippen LogP contribution in [0.1, 0.15) is 24.5 Å². The minimum atomic E-state index is -2.75. The van der Waals surface area contributed by atoms with Crippen molar-refractivity contribution in [3.63, 3.8) is 0 Å². The number of aliphatic hydroxyl groups excluding tert-OH is 2. The average Bonchev–Trinajstić information content (AvgIpc) is 2.68. The number of likely N-dealkylation sites (N-methyl/N-ethyl adjacent to an activating group) is 1. The normalized spacial score (nSPS) is 34.4. The average molecular weight is 444 g/mol. The van der Waals surface area contributed by atoms with Crippen molar-refractivity contribution in [2.45, 2.75) is 30.6 Å². The van der Waals surface area contributed by atoms with Crippen LogP contribution in [0.15, 0.2) is 35.1 Å². The second kappa shape index (κ2) is 6.64. The molecule has 0 bridgehead atoms. The zero-order valence-corrected chi connectivity index (χ0v) is 17.7. The summed E-state index contributed by atoms with van der Waals surface area (Å²) in [7, 11) is 3.01. The molecule has 0 aliphatic heterocycles. The molecule has 0 aromatic heterocycles. The molecular formula is C22H24N2O8. The van der Waals surface area contributed by atoms with Crippen LogP contribution in [0.3, 0.4) is 0 Å². The van der Waals surface area contributed by atoms with Gasteiger partial charge in [0.15, 0.2) is 11.4 Å². The third-order valence-electron chi connectivity index (χ3n) is 7.02. The van der Waals surface area contributed by atoms with Crippen LogP contribution in [0, 0.1) is 11.8 Å². The number of rotatable bonds is 2. The van der Waals surface area contributed by atoms with E-state index in [0.717, 1.165) is 0 Å². The Morgan fingerprint density at radius 1 is 1.16 bits per heavy atom. The Morgan fingerprint density at radius 3 is 2.34 bits per heavy atom. The number of nitrogens with two attached hydrogens (primary N) is 1. The Balaban J connectivity index is 2.05. The molecule has 0 saturated heterocycles. The topological polar surface area (TPSA) is 182 Å². The van der Waals surface area contributed by atoms with Crippen molar-refractivity contribution in [3.05, 3.63) is 46.2 Å². The van der Waals surface area contributed by atoms with Crippen LogP contribution >= 0.6 is 0 Å². The van der Waals surface area contributed by atoms with E-state index in [1.807, 2.05) is 0 Å². The Morgan fingerprint density at radius 2 is 1.78 bits per heavy atom. The number of fused-ring (bicyclic) bond motifs is 3. The van der Waals surface area contributed by atoms with E-state index in [2.05, 4.69) is 0 Å². The number of phenols is 1. The van der Waals surface area contributed by atoms with Crippen LogP contribution in [0.25, 0.3) is 5.76 Å². The first kappa shape index (κ1) is 22.0. The summed E-state index contributed by atoms with van der Waals surface area (Å²) in [5.41, 5.74) is -0.548. The Labute approximate surface area is 182 Å². The molecule has 170 valence electrons. The molecule has 1 aromatic rings. The molecule has 10 nitrogen and oxygen atoms in total. The number of hydrogen-bond acceptors (Lipinski definition) is 9. The number of carbonyl (C=O) groups is 3. The van der Waals surface area contributed by atoms with E-state index in [0.29, 0.717) is 0 Å². The largest absolute Gasteiger partial charge is 0.508 e. The Bertz CT molecular complexity index is 1150. The number of aliphatic hydroxyl groups is 4. The number of carbonyl (C=O) groups excluding carboxylic acids is 3. The minimum Gasteiger partial charge on any atom is -0.508 e. The molecule has 3 aliphatic carbocycles. The standard InChI is InChI=1S/C22H24N2O8/c1-21(31)8-5-4-6-11(25)12(8)16(26)13-9(21)7-10-15(24(2)3)17(27)14(20(23)30)19(29)22(10,32)18(13)28/h4-6,9-10,15,25-26,29,31-32H,7H2,1-3H3,(H2,23,30)/t9-,10+,15-,21+,22+/m1/s1. The highest BCUT2D eigenvalue weighted by molar-refractivity contribution is 6.24. The van der Waals surface area contributed by atoms with Gasteiger partial charge in [0.05, 0.1) is 17.2 Å². The lowest BCUT2D eigenvalue weighted by Crippen LogP contribution is -2.67. The van der Waals surface area contributed by atoms with E-state index in [9.17, 15) is 39.9 Å². The van der Waals surface area contributed by atoms with Gasteiger partial charge in [-0.25, -0.2) is 0 Å². The maximum Gasteiger partial charge on any atom is 0.255 e. The third-order valence-corrected chi connectivity index (χ3v) is 7.02. The molecule has 1 fully saturated rings. The number of aromatic hydroxyl groups is 1. The molecule has 0 unspecified atom stereocenters. The first-order chi connectivity index (χ1) is 14.8. The van der Waals surface area contributed by atoms with Gasteiger partial charge in [-0.05, 0) is 39.1 Å². The molecule has 0 heterocycles. The van der Waals surface area contributed by atoms with Crippen LogP contribution in [-0.4, -0.2) is 73.6 Å². The molecule has 32 heavy (non-hydrogen) atoms. The molecule has 7 N–H and O–H groups in total. The fraction of sp³-hybridized carbons (Fsp3) is 0.409. The molecule has 1 saturated carbocycles. The van der Waals surface area contributed by atoms with Crippen LogP contribution in [0.5, 0.6) is 5.75 Å². The SMILES string of the molecule is CN(C)[C@H]1C(=O)C(C(N)=O)=C(O)[C@@]2(O)C(=O)C3=C(O)c4c(O)cccc4[C@](C)(O)[C@@H]3C[C@@H]12. The van der Waals surface area contributed by atoms with E-state index >= 15 is 0 Å². The fourth-order valence-corrected chi connectivity index (χ4v) is 5.50. The van der Waals surface area contributed by atoms with Gasteiger partial charge in [-0.1, -0.05) is 12.1 Å². The minimum absolute atomic E-state index is 0.170. The van der Waals surface area contributed by atoms with Gasteiger partial charge in [-0.3, -0.25) is 19.3 Å². The predicted octanol–water partition coefficient (Wildman–Crippen LogP) is -0.371. The quantitative estimate of drug-likeness (QED) is 0.332. The third kappa shape index (κ3) is 2.48. The van der Waals surface area contributed by atoms with E-state index < -0.39 is 75.0 Å². The van der Waals surface area contributed by atoms with E-state index in [1.54, 1.807) is 0 Å². The molecule has 10 heteroatoms. The summed E-state index contributed by atoms with van der Waals surface area (Å²) in [6, 6.07) is 3.02. The summed E-state index contributed by atoms with van der Waals surface area (Å²) < 4.78 is 0. The number of Topliss-reactive ketones (excluding diaryl/α,β-unsaturated/α-hetero) is 2. The molecule has 0 spiro atoms. The Kier molecular flexibility index (Phi) is 4.57. The molecule has 1 amide bonds. The van der Waals surface area contributed by atoms with E-state index in [4.69, 9.17) is 5.73 Å². The number of nitrogens with zero attached hydrogens (tertiary/aromatic N) is 1. The van der Waals surface area contributed by atoms with Crippen LogP contribution in [0.2, 0.25) is 0 Å². The zero-order chi connectivity index (χ0) is 23.9. The lowest BCUT2D eigenvalue weighted by Gasteiger charge is -2.53. The first-order valence-corrected chi connectivity index (χ1v) is 9.97. The van der Waals surface area contributed by atoms with Gasteiger partial charge in [-0.2, -0.15) is 0 Å². The molecule has 5 atom stereocenters. The van der Waals surface area contributed by atoms with Gasteiger partial charge in [0.25, 0.3) is 5.91 Å². The number of phenolic OH excluding ortho intramolecular Hbond substituents is 1. The highest BCUT2D eigenvalue weighted by Gasteiger charge is 2.66. The molecule has 4 rings (SSSR count). The summed E-state index contributed by atoms with van der Waals surface area (Å²) in [5.74, 6) is -7.90. The van der Waals surface area contributed by atoms with E-state index in [1.165, 1.54) is 44.1 Å². The summed E-state index contributed by atoms with van der Waals surface area (Å²) in [5, 5.41) is 54.9. The monoisotopic (exact) mass is 444 g/mol. The molecular weight excluding hydrogens is 420 g/mol. The van der Waals surface area contributed by atoms with Crippen molar-refractivity contribution in [1.29, 1.82) is 0 Å². The van der Waals surface area contributed by atoms with Gasteiger partial charge >= 0.3 is 0 Å². The van der Waals surface area contributed by atoms with Crippen molar-refractivity contribution >= 4 is 23.2 Å². The van der Waals surface area contributed by atoms with Gasteiger partial charge in [0.1, 0.15) is 22.8 Å². The van der Waals surface area contributed by atoms with Crippen LogP contribution in [-0.2, 0) is 20.0 Å². The highest BCUT2D eigenvalue weighted by atomic mass is 16.3. The summed E-state index contributed by atoms with van der Waals surface area (Å²) >= 11 is 0. The molecule has 3 aliphatic rings. The van der Waals surface area contributed by atoms with Crippen molar-refractivity contribution in [3.8, 4) is 5.75 Å². The van der Waals surface area contributed by atoms with Crippen molar-refractivity contribution in [1.82, 2.24) is 4.90 Å². The Hall–Kier alpha value is -3.21. The summed E-state index contributed by atoms with van der Waals surface area (Å²) in [6.45, 7) is 1.40.